The number of nitrogens with one attached hydrogen (secondary N) is 1. The van der Waals surface area contributed by atoms with Crippen molar-refractivity contribution in [2.24, 2.45) is 17.6 Å². The summed E-state index contributed by atoms with van der Waals surface area (Å²) in [7, 11) is 3.21. The second kappa shape index (κ2) is 6.35. The number of nitrogens with two attached hydrogens (primary N) is 1. The molecule has 2 rings (SSSR count). The lowest BCUT2D eigenvalue weighted by Crippen LogP contribution is -2.49. The van der Waals surface area contributed by atoms with Gasteiger partial charge in [0, 0.05) is 17.6 Å². The van der Waals surface area contributed by atoms with Crippen LogP contribution >= 0.6 is 0 Å². The lowest BCUT2D eigenvalue weighted by molar-refractivity contribution is -0.125. The second-order valence-corrected chi connectivity index (χ2v) is 5.77. The van der Waals surface area contributed by atoms with Crippen LogP contribution in [0, 0.1) is 11.8 Å². The van der Waals surface area contributed by atoms with E-state index in [0.717, 1.165) is 12.0 Å². The molecule has 0 bridgehead atoms. The number of hydrogen-bond acceptors (Lipinski definition) is 4. The van der Waals surface area contributed by atoms with Gasteiger partial charge in [0.2, 0.25) is 5.91 Å². The van der Waals surface area contributed by atoms with Gasteiger partial charge in [-0.15, -0.1) is 0 Å². The maximum absolute atomic E-state index is 11.9. The Kier molecular flexibility index (Phi) is 4.73. The summed E-state index contributed by atoms with van der Waals surface area (Å²) in [6.45, 7) is 4.19. The van der Waals surface area contributed by atoms with Crippen LogP contribution in [0.3, 0.4) is 0 Å². The molecule has 1 aromatic rings. The van der Waals surface area contributed by atoms with Gasteiger partial charge in [-0.3, -0.25) is 4.79 Å². The van der Waals surface area contributed by atoms with Gasteiger partial charge in [0.1, 0.15) is 0 Å². The highest BCUT2D eigenvalue weighted by molar-refractivity contribution is 5.78. The Morgan fingerprint density at radius 2 is 2.00 bits per heavy atom. The fourth-order valence-corrected chi connectivity index (χ4v) is 3.40. The molecule has 1 heterocycles. The average Bonchev–Trinajstić information content (AvgIpc) is 2.44. The first kappa shape index (κ1) is 15.6. The first-order chi connectivity index (χ1) is 9.99. The van der Waals surface area contributed by atoms with E-state index >= 15 is 0 Å². The number of hydrogen-bond donors (Lipinski definition) is 2. The van der Waals surface area contributed by atoms with Gasteiger partial charge in [0.25, 0.3) is 0 Å². The quantitative estimate of drug-likeness (QED) is 0.888. The highest BCUT2D eigenvalue weighted by Crippen LogP contribution is 2.42. The Morgan fingerprint density at radius 1 is 1.29 bits per heavy atom. The van der Waals surface area contributed by atoms with Crippen molar-refractivity contribution in [1.82, 2.24) is 5.32 Å². The number of piperidine rings is 1. The van der Waals surface area contributed by atoms with Crippen LogP contribution in [0.15, 0.2) is 18.2 Å². The molecule has 1 aliphatic rings. The zero-order valence-corrected chi connectivity index (χ0v) is 13.1. The van der Waals surface area contributed by atoms with E-state index in [1.54, 1.807) is 14.2 Å². The zero-order chi connectivity index (χ0) is 15.6. The molecule has 0 radical (unpaired) electrons. The SMILES string of the molecule is COc1cccc(C2NC(C)CC(C)C2C(N)=O)c1OC. The third kappa shape index (κ3) is 2.97. The van der Waals surface area contributed by atoms with E-state index < -0.39 is 0 Å². The molecular weight excluding hydrogens is 268 g/mol. The van der Waals surface area contributed by atoms with Crippen molar-refractivity contribution in [2.45, 2.75) is 32.4 Å². The van der Waals surface area contributed by atoms with Gasteiger partial charge in [-0.05, 0) is 25.3 Å². The number of carbonyl (C=O) groups excluding carboxylic acids is 1. The van der Waals surface area contributed by atoms with Gasteiger partial charge >= 0.3 is 0 Å². The van der Waals surface area contributed by atoms with Crippen LogP contribution in [0.25, 0.3) is 0 Å². The van der Waals surface area contributed by atoms with E-state index in [1.165, 1.54) is 0 Å². The molecule has 0 aromatic heterocycles. The van der Waals surface area contributed by atoms with Crippen molar-refractivity contribution in [3.05, 3.63) is 23.8 Å². The Hall–Kier alpha value is -1.75. The predicted octanol–water partition coefficient (Wildman–Crippen LogP) is 1.86. The minimum atomic E-state index is -0.281. The number of ether oxygens (including phenoxy) is 2. The van der Waals surface area contributed by atoms with Gasteiger partial charge in [-0.25, -0.2) is 0 Å². The van der Waals surface area contributed by atoms with Crippen LogP contribution in [0.1, 0.15) is 31.9 Å². The molecule has 116 valence electrons. The summed E-state index contributed by atoms with van der Waals surface area (Å²) in [5.41, 5.74) is 6.56. The smallest absolute Gasteiger partial charge is 0.222 e. The zero-order valence-electron chi connectivity index (χ0n) is 13.1. The molecule has 3 N–H and O–H groups in total. The number of amides is 1. The molecule has 0 aliphatic carbocycles. The van der Waals surface area contributed by atoms with Crippen molar-refractivity contribution in [3.8, 4) is 11.5 Å². The number of primary amides is 1. The molecule has 1 aromatic carbocycles. The van der Waals surface area contributed by atoms with Gasteiger partial charge in [-0.2, -0.15) is 0 Å². The van der Waals surface area contributed by atoms with Gasteiger partial charge in [0.15, 0.2) is 11.5 Å². The summed E-state index contributed by atoms with van der Waals surface area (Å²) >= 11 is 0. The van der Waals surface area contributed by atoms with Crippen molar-refractivity contribution >= 4 is 5.91 Å². The largest absolute Gasteiger partial charge is 0.493 e. The molecular formula is C16H24N2O3. The number of benzene rings is 1. The molecule has 1 amide bonds. The fourth-order valence-electron chi connectivity index (χ4n) is 3.40. The van der Waals surface area contributed by atoms with Gasteiger partial charge in [-0.1, -0.05) is 19.1 Å². The normalized spacial score (nSPS) is 29.0. The number of rotatable bonds is 4. The molecule has 4 unspecified atom stereocenters. The molecule has 5 nitrogen and oxygen atoms in total. The van der Waals surface area contributed by atoms with Crippen molar-refractivity contribution in [2.75, 3.05) is 14.2 Å². The van der Waals surface area contributed by atoms with Crippen molar-refractivity contribution in [3.63, 3.8) is 0 Å². The Bertz CT molecular complexity index is 518. The lowest BCUT2D eigenvalue weighted by Gasteiger charge is -2.39. The first-order valence-corrected chi connectivity index (χ1v) is 7.25. The molecule has 0 spiro atoms. The highest BCUT2D eigenvalue weighted by atomic mass is 16.5. The third-order valence-corrected chi connectivity index (χ3v) is 4.26. The van der Waals surface area contributed by atoms with Crippen LogP contribution in [-0.4, -0.2) is 26.2 Å². The molecule has 1 aliphatic heterocycles. The predicted molar refractivity (Wildman–Crippen MR) is 81.4 cm³/mol. The molecule has 5 heteroatoms. The molecule has 4 atom stereocenters. The standard InChI is InChI=1S/C16H24N2O3/c1-9-8-10(2)18-14(13(9)16(17)19)11-6-5-7-12(20-3)15(11)21-4/h5-7,9-10,13-14,18H,8H2,1-4H3,(H2,17,19). The monoisotopic (exact) mass is 292 g/mol. The summed E-state index contributed by atoms with van der Waals surface area (Å²) in [5.74, 6) is 0.995. The number of carbonyl (C=O) groups is 1. The molecule has 1 fully saturated rings. The second-order valence-electron chi connectivity index (χ2n) is 5.77. The lowest BCUT2D eigenvalue weighted by atomic mass is 9.76. The molecule has 1 saturated heterocycles. The maximum Gasteiger partial charge on any atom is 0.222 e. The van der Waals surface area contributed by atoms with E-state index in [2.05, 4.69) is 19.2 Å². The first-order valence-electron chi connectivity index (χ1n) is 7.25. The van der Waals surface area contributed by atoms with Crippen LogP contribution in [-0.2, 0) is 4.79 Å². The number of methoxy groups -OCH3 is 2. The molecule has 21 heavy (non-hydrogen) atoms. The van der Waals surface area contributed by atoms with Crippen LogP contribution in [0.5, 0.6) is 11.5 Å². The summed E-state index contributed by atoms with van der Waals surface area (Å²) in [6, 6.07) is 5.86. The fraction of sp³-hybridized carbons (Fsp3) is 0.562. The van der Waals surface area contributed by atoms with E-state index in [4.69, 9.17) is 15.2 Å². The minimum absolute atomic E-state index is 0.161. The number of para-hydroxylation sites is 1. The van der Waals surface area contributed by atoms with E-state index in [-0.39, 0.29) is 23.8 Å². The van der Waals surface area contributed by atoms with Crippen LogP contribution in [0.4, 0.5) is 0 Å². The highest BCUT2D eigenvalue weighted by Gasteiger charge is 2.39. The summed E-state index contributed by atoms with van der Waals surface area (Å²) in [4.78, 5) is 11.9. The Labute approximate surface area is 125 Å². The van der Waals surface area contributed by atoms with E-state index in [9.17, 15) is 4.79 Å². The van der Waals surface area contributed by atoms with Crippen LogP contribution in [0.2, 0.25) is 0 Å². The Balaban J connectivity index is 2.48. The molecule has 0 saturated carbocycles. The third-order valence-electron chi connectivity index (χ3n) is 4.26. The maximum atomic E-state index is 11.9. The summed E-state index contributed by atoms with van der Waals surface area (Å²) < 4.78 is 10.9. The van der Waals surface area contributed by atoms with E-state index in [1.807, 2.05) is 18.2 Å². The van der Waals surface area contributed by atoms with E-state index in [0.29, 0.717) is 17.5 Å². The summed E-state index contributed by atoms with van der Waals surface area (Å²) in [5, 5.41) is 3.48. The Morgan fingerprint density at radius 3 is 2.57 bits per heavy atom. The van der Waals surface area contributed by atoms with Gasteiger partial charge < -0.3 is 20.5 Å². The van der Waals surface area contributed by atoms with Crippen molar-refractivity contribution in [1.29, 1.82) is 0 Å². The van der Waals surface area contributed by atoms with Gasteiger partial charge in [0.05, 0.1) is 20.1 Å². The van der Waals surface area contributed by atoms with Crippen LogP contribution < -0.4 is 20.5 Å². The average molecular weight is 292 g/mol. The minimum Gasteiger partial charge on any atom is -0.493 e. The summed E-state index contributed by atoms with van der Waals surface area (Å²) in [6.07, 6.45) is 0.927. The topological polar surface area (TPSA) is 73.6 Å². The van der Waals surface area contributed by atoms with Crippen molar-refractivity contribution < 1.29 is 14.3 Å².